The van der Waals surface area contributed by atoms with Gasteiger partial charge < -0.3 is 43.6 Å². The number of hydrogen-bond acceptors (Lipinski definition) is 18. The molecule has 0 spiro atoms. The molecule has 3 fully saturated rings. The Kier molecular flexibility index (Phi) is 25.8. The van der Waals surface area contributed by atoms with E-state index in [1.54, 1.807) is 65.0 Å². The molecule has 4 N–H and O–H groups in total. The van der Waals surface area contributed by atoms with Gasteiger partial charge in [-0.05, 0) is 119 Å². The molecule has 1 aliphatic carbocycles. The van der Waals surface area contributed by atoms with E-state index in [4.69, 9.17) is 28.5 Å². The van der Waals surface area contributed by atoms with Crippen LogP contribution in [0.4, 0.5) is 4.79 Å². The summed E-state index contributed by atoms with van der Waals surface area (Å²) in [6.45, 7) is 14.0. The average molecular weight is 1090 g/mol. The van der Waals surface area contributed by atoms with Crippen LogP contribution in [0.3, 0.4) is 0 Å². The Morgan fingerprint density at radius 1 is 0.909 bits per heavy atom. The van der Waals surface area contributed by atoms with Crippen LogP contribution in [0.1, 0.15) is 145 Å². The van der Waals surface area contributed by atoms with Crippen molar-refractivity contribution in [1.82, 2.24) is 15.2 Å². The van der Waals surface area contributed by atoms with Crippen molar-refractivity contribution >= 4 is 41.3 Å². The number of Topliss-reactive ketones (excluding diaryl/α,β-unsaturated/α-hetero) is 3. The van der Waals surface area contributed by atoms with E-state index in [-0.39, 0.29) is 62.2 Å². The van der Waals surface area contributed by atoms with Gasteiger partial charge in [-0.3, -0.25) is 29.6 Å². The lowest BCUT2D eigenvalue weighted by atomic mass is 9.75. The molecule has 0 radical (unpaired) electrons. The summed E-state index contributed by atoms with van der Waals surface area (Å²) in [6, 6.07) is -2.33. The number of carbonyl (C=O) groups is 7. The number of hydroxylamine groups is 4. The molecule has 434 valence electrons. The number of aliphatic hydroxyl groups excluding tert-OH is 1. The number of rotatable bonds is 11. The van der Waals surface area contributed by atoms with E-state index in [0.29, 0.717) is 79.2 Å². The van der Waals surface area contributed by atoms with E-state index >= 15 is 0 Å². The molecule has 0 aromatic heterocycles. The SMILES string of the molecule is CCCCOC(=O)N(O)[C@H]1C[C@@H]2CC[C@@H](C)[C@@](O)(O2)C(=O)C(=O)N2CCCC[C@H]2C(=O)O[C@H]([C@H](C)C[C@@H]2CC[C@@H](C(=O)ON(C)O)[C@H](OC)C2)CC(=O)[C@H](C)/C=C(\C)[C@@H](O)[C@@H](OC)C(=O)[C@H](C)C[C@H](C)/C=C/C=C/C=C/1C. The smallest absolute Gasteiger partial charge is 0.434 e. The minimum absolute atomic E-state index is 0.0198. The Bertz CT molecular complexity index is 2140. The number of nitrogens with zero attached hydrogens (tertiary/aromatic N) is 3. The molecule has 2 bridgehead atoms. The van der Waals surface area contributed by atoms with Crippen LogP contribution < -0.4 is 0 Å². The number of esters is 1. The summed E-state index contributed by atoms with van der Waals surface area (Å²) in [7, 11) is 4.00. The van der Waals surface area contributed by atoms with Gasteiger partial charge in [0, 0.05) is 51.4 Å². The van der Waals surface area contributed by atoms with Gasteiger partial charge in [0.2, 0.25) is 5.79 Å². The summed E-state index contributed by atoms with van der Waals surface area (Å²) < 4.78 is 29.1. The molecule has 1 saturated carbocycles. The Morgan fingerprint density at radius 2 is 1.62 bits per heavy atom. The van der Waals surface area contributed by atoms with Crippen LogP contribution in [-0.2, 0) is 57.3 Å². The van der Waals surface area contributed by atoms with Gasteiger partial charge >= 0.3 is 18.0 Å². The first-order chi connectivity index (χ1) is 36.4. The normalized spacial score (nSPS) is 35.8. The molecule has 77 heavy (non-hydrogen) atoms. The highest BCUT2D eigenvalue weighted by Gasteiger charge is 2.53. The third-order valence-electron chi connectivity index (χ3n) is 16.0. The summed E-state index contributed by atoms with van der Waals surface area (Å²) in [5.41, 5.74) is 0.824. The zero-order valence-electron chi connectivity index (χ0n) is 47.3. The number of ether oxygens (including phenoxy) is 5. The summed E-state index contributed by atoms with van der Waals surface area (Å²) in [5, 5.41) is 45.4. The molecule has 2 amide bonds. The van der Waals surface area contributed by atoms with Crippen LogP contribution in [-0.4, -0.2) is 160 Å². The van der Waals surface area contributed by atoms with Gasteiger partial charge in [-0.2, -0.15) is 5.06 Å². The van der Waals surface area contributed by atoms with E-state index < -0.39 is 108 Å². The number of amides is 2. The summed E-state index contributed by atoms with van der Waals surface area (Å²) in [5.74, 6) is -10.8. The van der Waals surface area contributed by atoms with Crippen LogP contribution in [0.2, 0.25) is 0 Å². The molecule has 20 nitrogen and oxygen atoms in total. The average Bonchev–Trinajstić information content (AvgIpc) is 3.39. The number of aliphatic hydroxyl groups is 2. The van der Waals surface area contributed by atoms with Crippen molar-refractivity contribution in [2.75, 3.05) is 34.4 Å². The lowest BCUT2D eigenvalue weighted by molar-refractivity contribution is -0.306. The summed E-state index contributed by atoms with van der Waals surface area (Å²) in [6.07, 6.45) is 8.92. The Morgan fingerprint density at radius 3 is 2.29 bits per heavy atom. The van der Waals surface area contributed by atoms with Gasteiger partial charge in [0.05, 0.1) is 37.8 Å². The molecule has 2 saturated heterocycles. The minimum Gasteiger partial charge on any atom is -0.460 e. The van der Waals surface area contributed by atoms with Crippen molar-refractivity contribution in [1.29, 1.82) is 0 Å². The van der Waals surface area contributed by atoms with Crippen LogP contribution >= 0.6 is 0 Å². The van der Waals surface area contributed by atoms with Crippen molar-refractivity contribution in [3.8, 4) is 0 Å². The second-order valence-corrected chi connectivity index (χ2v) is 22.1. The van der Waals surface area contributed by atoms with E-state index in [0.717, 1.165) is 11.3 Å². The highest BCUT2D eigenvalue weighted by atomic mass is 16.9. The molecular formula is C57H89N3O17. The molecule has 3 aliphatic heterocycles. The number of hydrogen-bond donors (Lipinski definition) is 4. The quantitative estimate of drug-likeness (QED) is 0.0398. The fraction of sp³-hybridized carbons (Fsp3) is 0.737. The van der Waals surface area contributed by atoms with Crippen LogP contribution in [0.25, 0.3) is 0 Å². The van der Waals surface area contributed by atoms with E-state index in [2.05, 4.69) is 0 Å². The number of piperidine rings is 1. The molecule has 4 aliphatic rings. The molecule has 4 rings (SSSR count). The Balaban J connectivity index is 1.75. The van der Waals surface area contributed by atoms with Crippen molar-refractivity contribution in [2.24, 2.45) is 41.4 Å². The first kappa shape index (κ1) is 64.9. The number of methoxy groups -OCH3 is 2. The lowest BCUT2D eigenvalue weighted by Crippen LogP contribution is -2.61. The number of cyclic esters (lactones) is 1. The predicted molar refractivity (Wildman–Crippen MR) is 281 cm³/mol. The molecular weight excluding hydrogens is 999 g/mol. The molecule has 20 heteroatoms. The number of allylic oxidation sites excluding steroid dienone is 6. The number of unbranched alkanes of at least 4 members (excludes halogenated alkanes) is 1. The van der Waals surface area contributed by atoms with E-state index in [1.807, 2.05) is 26.8 Å². The largest absolute Gasteiger partial charge is 0.460 e. The maximum Gasteiger partial charge on any atom is 0.434 e. The van der Waals surface area contributed by atoms with Crippen molar-refractivity contribution in [2.45, 2.75) is 194 Å². The van der Waals surface area contributed by atoms with Gasteiger partial charge in [-0.25, -0.2) is 14.4 Å². The first-order valence-corrected chi connectivity index (χ1v) is 27.6. The molecule has 15 atom stereocenters. The van der Waals surface area contributed by atoms with E-state index in [9.17, 15) is 54.2 Å². The first-order valence-electron chi connectivity index (χ1n) is 27.6. The van der Waals surface area contributed by atoms with Gasteiger partial charge in [0.25, 0.3) is 11.7 Å². The third-order valence-corrected chi connectivity index (χ3v) is 16.0. The molecule has 3 heterocycles. The number of carbonyl (C=O) groups excluding carboxylic acids is 7. The zero-order chi connectivity index (χ0) is 57.3. The fourth-order valence-corrected chi connectivity index (χ4v) is 11.1. The van der Waals surface area contributed by atoms with Crippen molar-refractivity contribution in [3.63, 3.8) is 0 Å². The maximum absolute atomic E-state index is 14.6. The van der Waals surface area contributed by atoms with Gasteiger partial charge in [0.15, 0.2) is 5.78 Å². The van der Waals surface area contributed by atoms with Gasteiger partial charge in [-0.1, -0.05) is 84.4 Å². The molecule has 0 aromatic rings. The van der Waals surface area contributed by atoms with Gasteiger partial charge in [-0.15, -0.1) is 0 Å². The standard InChI is InChI=1S/C57H89N3O17/c1-12-13-27-74-56(68)60(71)45-32-42-24-22-40(8)57(69,76-42)52(64)53(65)59-26-18-17-21-44(59)55(67)75-47(37(5)30-41-23-25-43(48(31-41)72-10)54(66)77-58(9)70)33-46(61)36(4)29-39(7)50(63)51(73-11)49(62)38(6)28-34(2)19-15-14-16-20-35(45)3/h14-16,19-20,29,34,36-38,40-45,47-48,50-51,63,69-71H,12-13,17-18,21-28,30-33H2,1-11H3/b16-14+,19-15+,35-20+,39-29+/t34-,36-,37-,38-,40-,41+,42+,43-,44+,45+,47+,48-,50-,51+,57-/m1/s1. The molecule has 0 unspecified atom stereocenters. The zero-order valence-corrected chi connectivity index (χ0v) is 47.3. The fourth-order valence-electron chi connectivity index (χ4n) is 11.1. The highest BCUT2D eigenvalue weighted by molar-refractivity contribution is 6.39. The number of ketones is 3. The summed E-state index contributed by atoms with van der Waals surface area (Å²) in [4.78, 5) is 104. The third kappa shape index (κ3) is 17.9. The van der Waals surface area contributed by atoms with Gasteiger partial charge in [0.1, 0.15) is 30.1 Å². The Hall–Kier alpha value is -4.67. The minimum atomic E-state index is -2.65. The highest BCUT2D eigenvalue weighted by Crippen LogP contribution is 2.39. The predicted octanol–water partition coefficient (Wildman–Crippen LogP) is 7.20. The number of fused-ring (bicyclic) bond motifs is 3. The monoisotopic (exact) mass is 1090 g/mol. The van der Waals surface area contributed by atoms with E-state index in [1.165, 1.54) is 21.3 Å². The van der Waals surface area contributed by atoms with Crippen LogP contribution in [0.5, 0.6) is 0 Å². The summed E-state index contributed by atoms with van der Waals surface area (Å²) >= 11 is 0. The lowest BCUT2D eigenvalue weighted by Gasteiger charge is -2.43. The van der Waals surface area contributed by atoms with Crippen molar-refractivity contribution in [3.05, 3.63) is 47.6 Å². The van der Waals surface area contributed by atoms with Crippen LogP contribution in [0, 0.1) is 41.4 Å². The Labute approximate surface area is 455 Å². The van der Waals surface area contributed by atoms with Crippen LogP contribution in [0.15, 0.2) is 47.6 Å². The second-order valence-electron chi connectivity index (χ2n) is 22.1. The molecule has 0 aromatic carbocycles. The topological polar surface area (TPSA) is 266 Å². The second kappa shape index (κ2) is 30.6. The maximum atomic E-state index is 14.6. The van der Waals surface area contributed by atoms with Crippen molar-refractivity contribution < 1.29 is 82.7 Å².